The lowest BCUT2D eigenvalue weighted by atomic mass is 10.0. The zero-order valence-electron chi connectivity index (χ0n) is 16.6. The van der Waals surface area contributed by atoms with E-state index in [0.717, 1.165) is 24.9 Å². The zero-order valence-corrected chi connectivity index (χ0v) is 17.4. The molecule has 0 saturated carbocycles. The SMILES string of the molecule is C[C@@H](NC[C@H]1CCc2ccc(S(=O)(=O)C3C=CC=CC3)cc2O1)c1ccccc1. The topological polar surface area (TPSA) is 55.4 Å². The highest BCUT2D eigenvalue weighted by Crippen LogP contribution is 2.32. The first kappa shape index (κ1) is 19.9. The van der Waals surface area contributed by atoms with Crippen LogP contribution in [0.1, 0.15) is 36.9 Å². The van der Waals surface area contributed by atoms with Gasteiger partial charge in [0.25, 0.3) is 0 Å². The summed E-state index contributed by atoms with van der Waals surface area (Å²) in [5.41, 5.74) is 2.32. The van der Waals surface area contributed by atoms with Crippen LogP contribution in [0.25, 0.3) is 0 Å². The maximum atomic E-state index is 13.0. The molecule has 4 nitrogen and oxygen atoms in total. The van der Waals surface area contributed by atoms with Gasteiger partial charge < -0.3 is 10.1 Å². The highest BCUT2D eigenvalue weighted by molar-refractivity contribution is 7.92. The van der Waals surface area contributed by atoms with Gasteiger partial charge in [0.2, 0.25) is 0 Å². The van der Waals surface area contributed by atoms with Gasteiger partial charge in [-0.15, -0.1) is 0 Å². The smallest absolute Gasteiger partial charge is 0.185 e. The van der Waals surface area contributed by atoms with Crippen molar-refractivity contribution in [3.8, 4) is 5.75 Å². The lowest BCUT2D eigenvalue weighted by Crippen LogP contribution is -2.35. The van der Waals surface area contributed by atoms with Crippen LogP contribution in [0.2, 0.25) is 0 Å². The van der Waals surface area contributed by atoms with Gasteiger partial charge in [-0.3, -0.25) is 0 Å². The Balaban J connectivity index is 1.44. The summed E-state index contributed by atoms with van der Waals surface area (Å²) in [6.45, 7) is 2.87. The molecule has 1 unspecified atom stereocenters. The Hall–Kier alpha value is -2.37. The fourth-order valence-corrected chi connectivity index (χ4v) is 5.40. The van der Waals surface area contributed by atoms with E-state index in [-0.39, 0.29) is 12.1 Å². The minimum atomic E-state index is -3.41. The van der Waals surface area contributed by atoms with Crippen molar-refractivity contribution in [2.24, 2.45) is 0 Å². The molecule has 0 aromatic heterocycles. The molecule has 1 aliphatic carbocycles. The van der Waals surface area contributed by atoms with E-state index in [1.807, 2.05) is 36.4 Å². The van der Waals surface area contributed by atoms with Crippen LogP contribution in [0.5, 0.6) is 5.75 Å². The quantitative estimate of drug-likeness (QED) is 0.769. The Morgan fingerprint density at radius 3 is 2.72 bits per heavy atom. The molecule has 2 aliphatic rings. The number of benzene rings is 2. The van der Waals surface area contributed by atoms with E-state index in [4.69, 9.17) is 4.74 Å². The second kappa shape index (κ2) is 8.56. The van der Waals surface area contributed by atoms with Crippen molar-refractivity contribution < 1.29 is 13.2 Å². The Bertz CT molecular complexity index is 1010. The molecule has 0 bridgehead atoms. The lowest BCUT2D eigenvalue weighted by molar-refractivity contribution is 0.166. The predicted octanol–water partition coefficient (Wildman–Crippen LogP) is 4.39. The van der Waals surface area contributed by atoms with Gasteiger partial charge in [-0.05, 0) is 49.4 Å². The second-order valence-corrected chi connectivity index (χ2v) is 9.89. The molecule has 2 aromatic carbocycles. The minimum absolute atomic E-state index is 0.0316. The summed E-state index contributed by atoms with van der Waals surface area (Å²) >= 11 is 0. The maximum Gasteiger partial charge on any atom is 0.185 e. The molecule has 0 amide bonds. The number of ether oxygens (including phenoxy) is 1. The van der Waals surface area contributed by atoms with E-state index in [9.17, 15) is 8.42 Å². The second-order valence-electron chi connectivity index (χ2n) is 7.72. The molecule has 1 N–H and O–H groups in total. The minimum Gasteiger partial charge on any atom is -0.489 e. The summed E-state index contributed by atoms with van der Waals surface area (Å²) in [5, 5.41) is 3.03. The van der Waals surface area contributed by atoms with Gasteiger partial charge in [-0.1, -0.05) is 60.7 Å². The van der Waals surface area contributed by atoms with Gasteiger partial charge in [0.1, 0.15) is 11.9 Å². The van der Waals surface area contributed by atoms with Crippen LogP contribution in [-0.4, -0.2) is 26.3 Å². The molecule has 152 valence electrons. The van der Waals surface area contributed by atoms with Crippen LogP contribution in [0.4, 0.5) is 0 Å². The third-order valence-electron chi connectivity index (χ3n) is 5.69. The van der Waals surface area contributed by atoms with E-state index in [1.54, 1.807) is 24.3 Å². The van der Waals surface area contributed by atoms with Gasteiger partial charge in [-0.25, -0.2) is 8.42 Å². The molecular formula is C24H27NO3S. The lowest BCUT2D eigenvalue weighted by Gasteiger charge is -2.28. The van der Waals surface area contributed by atoms with Crippen molar-refractivity contribution >= 4 is 9.84 Å². The monoisotopic (exact) mass is 409 g/mol. The molecule has 29 heavy (non-hydrogen) atoms. The highest BCUT2D eigenvalue weighted by Gasteiger charge is 2.28. The van der Waals surface area contributed by atoms with Gasteiger partial charge >= 0.3 is 0 Å². The molecule has 5 heteroatoms. The van der Waals surface area contributed by atoms with Crippen LogP contribution in [-0.2, 0) is 16.3 Å². The number of allylic oxidation sites excluding steroid dienone is 3. The number of nitrogens with one attached hydrogen (secondary N) is 1. The molecule has 4 rings (SSSR count). The van der Waals surface area contributed by atoms with Crippen LogP contribution in [0.15, 0.2) is 77.7 Å². The summed E-state index contributed by atoms with van der Waals surface area (Å²) < 4.78 is 32.1. The Morgan fingerprint density at radius 2 is 1.97 bits per heavy atom. The number of rotatable bonds is 6. The fraction of sp³-hybridized carbons (Fsp3) is 0.333. The average molecular weight is 410 g/mol. The van der Waals surface area contributed by atoms with E-state index < -0.39 is 15.1 Å². The Kier molecular flexibility index (Phi) is 5.88. The van der Waals surface area contributed by atoms with E-state index in [1.165, 1.54) is 5.56 Å². The standard InChI is InChI=1S/C24H27NO3S/c1-18(19-8-4-2-5-9-19)25-17-21-14-12-20-13-15-23(16-24(20)28-21)29(26,27)22-10-6-3-7-11-22/h2-10,13,15-16,18,21-22,25H,11-12,14,17H2,1H3/t18-,21-,22?/m1/s1. The molecule has 0 fully saturated rings. The molecule has 1 aliphatic heterocycles. The molecule has 3 atom stereocenters. The van der Waals surface area contributed by atoms with Gasteiger partial charge in [-0.2, -0.15) is 0 Å². The van der Waals surface area contributed by atoms with Crippen LogP contribution >= 0.6 is 0 Å². The van der Waals surface area contributed by atoms with E-state index >= 15 is 0 Å². The van der Waals surface area contributed by atoms with E-state index in [2.05, 4.69) is 24.4 Å². The average Bonchev–Trinajstić information content (AvgIpc) is 2.78. The normalized spacial score (nSPS) is 22.0. The summed E-state index contributed by atoms with van der Waals surface area (Å²) in [4.78, 5) is 0.340. The van der Waals surface area contributed by atoms with Crippen molar-refractivity contribution in [1.29, 1.82) is 0 Å². The Morgan fingerprint density at radius 1 is 1.14 bits per heavy atom. The van der Waals surface area contributed by atoms with Gasteiger partial charge in [0, 0.05) is 12.6 Å². The number of aryl methyl sites for hydroxylation is 1. The third-order valence-corrected chi connectivity index (χ3v) is 7.75. The van der Waals surface area contributed by atoms with Crippen molar-refractivity contribution in [1.82, 2.24) is 5.32 Å². The molecule has 1 heterocycles. The van der Waals surface area contributed by atoms with Crippen molar-refractivity contribution in [2.45, 2.75) is 48.5 Å². The first-order valence-electron chi connectivity index (χ1n) is 10.2. The van der Waals surface area contributed by atoms with Crippen LogP contribution < -0.4 is 10.1 Å². The van der Waals surface area contributed by atoms with Crippen molar-refractivity contribution in [3.05, 3.63) is 84.0 Å². The number of fused-ring (bicyclic) bond motifs is 1. The third kappa shape index (κ3) is 4.46. The summed E-state index contributed by atoms with van der Waals surface area (Å²) in [6, 6.07) is 15.9. The van der Waals surface area contributed by atoms with Gasteiger partial charge in [0.05, 0.1) is 10.1 Å². The zero-order chi connectivity index (χ0) is 20.3. The molecular weight excluding hydrogens is 382 g/mol. The molecule has 0 radical (unpaired) electrons. The van der Waals surface area contributed by atoms with Crippen molar-refractivity contribution in [3.63, 3.8) is 0 Å². The molecule has 0 saturated heterocycles. The number of hydrogen-bond acceptors (Lipinski definition) is 4. The largest absolute Gasteiger partial charge is 0.489 e. The summed E-state index contributed by atoms with van der Waals surface area (Å²) in [5.74, 6) is 0.701. The number of hydrogen-bond donors (Lipinski definition) is 1. The maximum absolute atomic E-state index is 13.0. The van der Waals surface area contributed by atoms with Crippen LogP contribution in [0.3, 0.4) is 0 Å². The summed E-state index contributed by atoms with van der Waals surface area (Å²) in [6.07, 6.45) is 9.70. The molecule has 0 spiro atoms. The van der Waals surface area contributed by atoms with Crippen LogP contribution in [0, 0.1) is 0 Å². The highest BCUT2D eigenvalue weighted by atomic mass is 32.2. The first-order valence-corrected chi connectivity index (χ1v) is 11.7. The predicted molar refractivity (Wildman–Crippen MR) is 116 cm³/mol. The molecule has 2 aromatic rings. The first-order chi connectivity index (χ1) is 14.0. The number of sulfone groups is 1. The van der Waals surface area contributed by atoms with E-state index in [0.29, 0.717) is 17.1 Å². The fourth-order valence-electron chi connectivity index (χ4n) is 3.86. The summed E-state index contributed by atoms with van der Waals surface area (Å²) in [7, 11) is -3.41. The van der Waals surface area contributed by atoms with Crippen molar-refractivity contribution in [2.75, 3.05) is 6.54 Å². The Labute approximate surface area is 173 Å². The van der Waals surface area contributed by atoms with Gasteiger partial charge in [0.15, 0.2) is 9.84 Å².